The molecule has 0 nitrogen and oxygen atoms in total. The summed E-state index contributed by atoms with van der Waals surface area (Å²) in [5.74, 6) is 0. The van der Waals surface area contributed by atoms with Crippen LogP contribution in [0.5, 0.6) is 0 Å². The van der Waals surface area contributed by atoms with Crippen molar-refractivity contribution in [1.82, 2.24) is 0 Å². The highest BCUT2D eigenvalue weighted by Crippen LogP contribution is 2.29. The van der Waals surface area contributed by atoms with Gasteiger partial charge in [-0.1, -0.05) is 15.9 Å². The molecular weight excluding hydrogens is 308 g/mol. The van der Waals surface area contributed by atoms with Crippen LogP contribution in [0.2, 0.25) is 0 Å². The van der Waals surface area contributed by atoms with Crippen LogP contribution in [0, 0.1) is 0 Å². The molecule has 11 heavy (non-hydrogen) atoms. The fourth-order valence-corrected chi connectivity index (χ4v) is 2.70. The third-order valence-corrected chi connectivity index (χ3v) is 4.67. The smallest absolute Gasteiger partial charge is 0.444 e. The highest BCUT2D eigenvalue weighted by Gasteiger charge is 2.30. The highest BCUT2D eigenvalue weighted by molar-refractivity contribution is 9.13. The monoisotopic (exact) mass is 307 g/mol. The Kier molecular flexibility index (Phi) is 2.71. The lowest BCUT2D eigenvalue weighted by atomic mass is 9.90. The van der Waals surface area contributed by atoms with Crippen molar-refractivity contribution in [3.05, 3.63) is 14.3 Å². The number of hydrogen-bond acceptors (Lipinski definition) is 1. The van der Waals surface area contributed by atoms with E-state index in [0.29, 0.717) is 15.8 Å². The largest absolute Gasteiger partial charge is 0.520 e. The average molecular weight is 309 g/mol. The third kappa shape index (κ3) is 2.00. The Morgan fingerprint density at radius 2 is 1.82 bits per heavy atom. The second-order valence-corrected chi connectivity index (χ2v) is 4.40. The minimum absolute atomic E-state index is 0.106. The molecule has 0 aliphatic rings. The van der Waals surface area contributed by atoms with Crippen LogP contribution in [0.25, 0.3) is 0 Å². The molecule has 0 saturated carbocycles. The molecule has 0 aromatic carbocycles. The van der Waals surface area contributed by atoms with E-state index in [0.717, 1.165) is 0 Å². The second-order valence-electron chi connectivity index (χ2n) is 1.84. The van der Waals surface area contributed by atoms with Gasteiger partial charge in [-0.25, -0.2) is 0 Å². The van der Waals surface area contributed by atoms with Gasteiger partial charge in [-0.05, 0) is 20.7 Å². The maximum Gasteiger partial charge on any atom is 0.520 e. The summed E-state index contributed by atoms with van der Waals surface area (Å²) in [6.45, 7) is -4.87. The van der Waals surface area contributed by atoms with Crippen LogP contribution in [0.4, 0.5) is 12.9 Å². The lowest BCUT2D eigenvalue weighted by molar-refractivity contribution is 0.502. The van der Waals surface area contributed by atoms with Crippen LogP contribution >= 0.6 is 43.2 Å². The van der Waals surface area contributed by atoms with Crippen molar-refractivity contribution < 1.29 is 12.9 Å². The molecule has 7 heteroatoms. The molecule has 0 aliphatic heterocycles. The molecule has 0 radical (unpaired) electrons. The average Bonchev–Trinajstić information content (AvgIpc) is 2.11. The van der Waals surface area contributed by atoms with Gasteiger partial charge < -0.3 is 12.9 Å². The molecular formula is C4HBBr2F3S-. The molecule has 0 aliphatic carbocycles. The third-order valence-electron chi connectivity index (χ3n) is 1.01. The molecule has 0 spiro atoms. The zero-order valence-electron chi connectivity index (χ0n) is 4.95. The summed E-state index contributed by atoms with van der Waals surface area (Å²) < 4.78 is 36.3. The fraction of sp³-hybridized carbons (Fsp3) is 0. The molecule has 1 rings (SSSR count). The molecule has 0 atom stereocenters. The van der Waals surface area contributed by atoms with E-state index in [-0.39, 0.29) is 4.47 Å². The molecule has 0 unspecified atom stereocenters. The van der Waals surface area contributed by atoms with Crippen LogP contribution in [-0.4, -0.2) is 6.98 Å². The second kappa shape index (κ2) is 3.10. The number of rotatable bonds is 1. The molecule has 0 N–H and O–H groups in total. The van der Waals surface area contributed by atoms with Gasteiger partial charge in [0.05, 0.1) is 0 Å². The maximum absolute atomic E-state index is 12.1. The van der Waals surface area contributed by atoms with Crippen molar-refractivity contribution >= 4 is 55.0 Å². The Morgan fingerprint density at radius 3 is 2.00 bits per heavy atom. The Bertz CT molecular complexity index is 269. The van der Waals surface area contributed by atoms with Crippen LogP contribution in [-0.2, 0) is 0 Å². The first-order valence-corrected chi connectivity index (χ1v) is 5.02. The lowest BCUT2D eigenvalue weighted by Gasteiger charge is -2.11. The Hall–Kier alpha value is 0.515. The van der Waals surface area contributed by atoms with E-state index in [4.69, 9.17) is 0 Å². The van der Waals surface area contributed by atoms with Crippen molar-refractivity contribution in [2.24, 2.45) is 0 Å². The van der Waals surface area contributed by atoms with Crippen LogP contribution in [0.15, 0.2) is 14.3 Å². The summed E-state index contributed by atoms with van der Waals surface area (Å²) >= 11 is 6.52. The zero-order valence-corrected chi connectivity index (χ0v) is 8.94. The van der Waals surface area contributed by atoms with Crippen LogP contribution in [0.1, 0.15) is 0 Å². The van der Waals surface area contributed by atoms with E-state index in [2.05, 4.69) is 31.9 Å². The van der Waals surface area contributed by atoms with Crippen LogP contribution in [0.3, 0.4) is 0 Å². The molecule has 1 aromatic heterocycles. The standard InChI is InChI=1S/C4HBBr2F3S/c6-2-1-11-4(3(2)7)5(8,9)10/h1H/q-1. The molecule has 62 valence electrons. The molecule has 1 heterocycles. The first-order valence-electron chi connectivity index (χ1n) is 2.55. The summed E-state index contributed by atoms with van der Waals surface area (Å²) in [5, 5.41) is 1.41. The fourth-order valence-electron chi connectivity index (χ4n) is 0.557. The van der Waals surface area contributed by atoms with Crippen molar-refractivity contribution in [3.63, 3.8) is 0 Å². The zero-order chi connectivity index (χ0) is 8.65. The Balaban J connectivity index is 3.15. The quantitative estimate of drug-likeness (QED) is 0.698. The molecule has 1 aromatic rings. The summed E-state index contributed by atoms with van der Waals surface area (Å²) in [7, 11) is 0. The van der Waals surface area contributed by atoms with Gasteiger partial charge in [0.2, 0.25) is 0 Å². The summed E-state index contributed by atoms with van der Waals surface area (Å²) in [6, 6.07) is 0. The maximum atomic E-state index is 12.1. The molecule has 0 amide bonds. The molecule has 0 saturated heterocycles. The number of halogens is 5. The predicted octanol–water partition coefficient (Wildman–Crippen LogP) is 3.33. The van der Waals surface area contributed by atoms with Gasteiger partial charge in [-0.2, -0.15) is 11.3 Å². The SMILES string of the molecule is F[B-](F)(F)c1scc(Br)c1Br. The summed E-state index contributed by atoms with van der Waals surface area (Å²) in [6.07, 6.45) is 0. The van der Waals surface area contributed by atoms with E-state index in [1.54, 1.807) is 0 Å². The van der Waals surface area contributed by atoms with E-state index < -0.39 is 11.8 Å². The van der Waals surface area contributed by atoms with Crippen LogP contribution < -0.4 is 4.78 Å². The van der Waals surface area contributed by atoms with Crippen molar-refractivity contribution in [2.75, 3.05) is 0 Å². The number of thiophene rings is 1. The number of hydrogen-bond donors (Lipinski definition) is 0. The summed E-state index contributed by atoms with van der Waals surface area (Å²) in [5.41, 5.74) is 0. The Morgan fingerprint density at radius 1 is 1.27 bits per heavy atom. The van der Waals surface area contributed by atoms with E-state index in [9.17, 15) is 12.9 Å². The summed E-state index contributed by atoms with van der Waals surface area (Å²) in [4.78, 5) is 0. The van der Waals surface area contributed by atoms with Crippen molar-refractivity contribution in [1.29, 1.82) is 0 Å². The van der Waals surface area contributed by atoms with E-state index >= 15 is 0 Å². The Labute approximate surface area is 82.1 Å². The first-order chi connectivity index (χ1) is 4.93. The highest BCUT2D eigenvalue weighted by atomic mass is 79.9. The van der Waals surface area contributed by atoms with Gasteiger partial charge in [-0.3, -0.25) is 0 Å². The first kappa shape index (κ1) is 9.60. The van der Waals surface area contributed by atoms with E-state index in [1.165, 1.54) is 5.38 Å². The normalized spacial score (nSPS) is 12.1. The van der Waals surface area contributed by atoms with Crippen molar-refractivity contribution in [2.45, 2.75) is 0 Å². The van der Waals surface area contributed by atoms with Gasteiger partial charge >= 0.3 is 6.98 Å². The van der Waals surface area contributed by atoms with Gasteiger partial charge in [-0.15, -0.1) is 0 Å². The minimum Gasteiger partial charge on any atom is -0.444 e. The van der Waals surface area contributed by atoms with Gasteiger partial charge in [0.25, 0.3) is 0 Å². The van der Waals surface area contributed by atoms with Gasteiger partial charge in [0.1, 0.15) is 0 Å². The van der Waals surface area contributed by atoms with Crippen molar-refractivity contribution in [3.8, 4) is 0 Å². The van der Waals surface area contributed by atoms with Gasteiger partial charge in [0.15, 0.2) is 0 Å². The molecule has 0 fully saturated rings. The van der Waals surface area contributed by atoms with E-state index in [1.807, 2.05) is 0 Å². The molecule has 0 bridgehead atoms. The van der Waals surface area contributed by atoms with Gasteiger partial charge in [0, 0.05) is 14.3 Å². The predicted molar refractivity (Wildman–Crippen MR) is 48.4 cm³/mol. The topological polar surface area (TPSA) is 0 Å². The lowest BCUT2D eigenvalue weighted by Crippen LogP contribution is -2.32. The minimum atomic E-state index is -4.87.